The van der Waals surface area contributed by atoms with Crippen LogP contribution < -0.4 is 4.74 Å². The molecule has 1 N–H and O–H groups in total. The van der Waals surface area contributed by atoms with Gasteiger partial charge in [0.05, 0.1) is 18.3 Å². The Morgan fingerprint density at radius 1 is 1.06 bits per heavy atom. The largest absolute Gasteiger partial charge is 0.494 e. The summed E-state index contributed by atoms with van der Waals surface area (Å²) in [5.74, 6) is 0.750. The topological polar surface area (TPSA) is 71.1 Å². The van der Waals surface area contributed by atoms with Crippen molar-refractivity contribution in [3.63, 3.8) is 0 Å². The monoisotopic (exact) mass is 486 g/mol. The molecule has 0 radical (unpaired) electrons. The highest BCUT2D eigenvalue weighted by Gasteiger charge is 2.42. The van der Waals surface area contributed by atoms with Crippen LogP contribution >= 0.6 is 11.6 Å². The van der Waals surface area contributed by atoms with E-state index in [9.17, 15) is 4.79 Å². The lowest BCUT2D eigenvalue weighted by atomic mass is 9.96. The van der Waals surface area contributed by atoms with Crippen molar-refractivity contribution < 1.29 is 9.53 Å². The molecule has 7 heteroatoms. The van der Waals surface area contributed by atoms with Gasteiger partial charge in [-0.2, -0.15) is 5.10 Å². The number of rotatable bonds is 9. The zero-order valence-corrected chi connectivity index (χ0v) is 20.3. The van der Waals surface area contributed by atoms with Gasteiger partial charge in [0.2, 0.25) is 0 Å². The number of amides is 1. The molecule has 2 aromatic carbocycles. The van der Waals surface area contributed by atoms with Crippen LogP contribution in [0.15, 0.2) is 73.1 Å². The molecule has 0 aliphatic carbocycles. The SMILES string of the molecule is CCCCCOc1ccc(C2c3c(-c4ccc(Cl)cc4)n[nH]c3C(=O)N2Cc2cccnc2)cc1. The van der Waals surface area contributed by atoms with Gasteiger partial charge in [-0.1, -0.05) is 61.7 Å². The van der Waals surface area contributed by atoms with Crippen molar-refractivity contribution in [2.75, 3.05) is 6.61 Å². The van der Waals surface area contributed by atoms with Crippen LogP contribution in [0.1, 0.15) is 59.4 Å². The van der Waals surface area contributed by atoms with Crippen molar-refractivity contribution in [2.24, 2.45) is 0 Å². The number of fused-ring (bicyclic) bond motifs is 1. The van der Waals surface area contributed by atoms with Crippen LogP contribution in [0.3, 0.4) is 0 Å². The van der Waals surface area contributed by atoms with E-state index in [-0.39, 0.29) is 11.9 Å². The van der Waals surface area contributed by atoms with Gasteiger partial charge in [-0.15, -0.1) is 0 Å². The van der Waals surface area contributed by atoms with Crippen molar-refractivity contribution in [1.29, 1.82) is 0 Å². The number of nitrogens with zero attached hydrogens (tertiary/aromatic N) is 3. The average Bonchev–Trinajstić information content (AvgIpc) is 3.43. The zero-order chi connectivity index (χ0) is 24.2. The fourth-order valence-corrected chi connectivity index (χ4v) is 4.64. The van der Waals surface area contributed by atoms with Crippen LogP contribution in [-0.4, -0.2) is 32.6 Å². The first kappa shape index (κ1) is 23.1. The van der Waals surface area contributed by atoms with Crippen LogP contribution in [0, 0.1) is 0 Å². The molecule has 1 aliphatic rings. The maximum Gasteiger partial charge on any atom is 0.273 e. The Morgan fingerprint density at radius 3 is 2.57 bits per heavy atom. The van der Waals surface area contributed by atoms with Crippen LogP contribution in [0.4, 0.5) is 0 Å². The number of hydrogen-bond acceptors (Lipinski definition) is 4. The lowest BCUT2D eigenvalue weighted by Crippen LogP contribution is -2.29. The van der Waals surface area contributed by atoms with Gasteiger partial charge in [0.25, 0.3) is 5.91 Å². The number of H-pyrrole nitrogens is 1. The first-order valence-corrected chi connectivity index (χ1v) is 12.3. The Morgan fingerprint density at radius 2 is 1.86 bits per heavy atom. The van der Waals surface area contributed by atoms with E-state index in [4.69, 9.17) is 16.3 Å². The number of carbonyl (C=O) groups excluding carboxylic acids is 1. The van der Waals surface area contributed by atoms with E-state index < -0.39 is 0 Å². The average molecular weight is 487 g/mol. The minimum Gasteiger partial charge on any atom is -0.494 e. The summed E-state index contributed by atoms with van der Waals surface area (Å²) in [4.78, 5) is 19.6. The molecule has 1 unspecified atom stereocenters. The molecule has 0 bridgehead atoms. The fourth-order valence-electron chi connectivity index (χ4n) is 4.51. The number of hydrogen-bond donors (Lipinski definition) is 1. The number of unbranched alkanes of at least 4 members (excludes halogenated alkanes) is 2. The molecule has 0 saturated carbocycles. The molecule has 0 spiro atoms. The number of benzene rings is 2. The second-order valence-corrected chi connectivity index (χ2v) is 9.13. The number of pyridine rings is 1. The predicted octanol–water partition coefficient (Wildman–Crippen LogP) is 6.44. The minimum absolute atomic E-state index is 0.0820. The van der Waals surface area contributed by atoms with E-state index in [2.05, 4.69) is 22.1 Å². The maximum absolute atomic E-state index is 13.5. The van der Waals surface area contributed by atoms with E-state index in [0.29, 0.717) is 23.9 Å². The molecule has 0 saturated heterocycles. The van der Waals surface area contributed by atoms with Crippen molar-refractivity contribution in [2.45, 2.75) is 38.8 Å². The van der Waals surface area contributed by atoms with Gasteiger partial charge in [-0.05, 0) is 47.9 Å². The predicted molar refractivity (Wildman–Crippen MR) is 136 cm³/mol. The van der Waals surface area contributed by atoms with Crippen LogP contribution in [0.2, 0.25) is 5.02 Å². The maximum atomic E-state index is 13.5. The molecule has 6 nitrogen and oxygen atoms in total. The Kier molecular flexibility index (Phi) is 6.82. The molecule has 0 fully saturated rings. The summed E-state index contributed by atoms with van der Waals surface area (Å²) < 4.78 is 5.91. The number of aromatic amines is 1. The fraction of sp³-hybridized carbons (Fsp3) is 0.250. The Balaban J connectivity index is 1.51. The highest BCUT2D eigenvalue weighted by molar-refractivity contribution is 6.30. The first-order valence-electron chi connectivity index (χ1n) is 11.9. The van der Waals surface area contributed by atoms with Crippen molar-refractivity contribution in [3.8, 4) is 17.0 Å². The summed E-state index contributed by atoms with van der Waals surface area (Å²) >= 11 is 6.11. The number of nitrogens with one attached hydrogen (secondary N) is 1. The van der Waals surface area contributed by atoms with E-state index in [0.717, 1.165) is 53.0 Å². The van der Waals surface area contributed by atoms with Gasteiger partial charge in [0.1, 0.15) is 11.4 Å². The molecule has 1 aliphatic heterocycles. The van der Waals surface area contributed by atoms with Crippen molar-refractivity contribution >= 4 is 17.5 Å². The normalized spacial score (nSPS) is 14.9. The number of carbonyl (C=O) groups is 1. The smallest absolute Gasteiger partial charge is 0.273 e. The molecule has 1 atom stereocenters. The van der Waals surface area contributed by atoms with E-state index in [1.165, 1.54) is 0 Å². The summed E-state index contributed by atoms with van der Waals surface area (Å²) in [6.07, 6.45) is 6.88. The summed E-state index contributed by atoms with van der Waals surface area (Å²) in [6, 6.07) is 19.1. The highest BCUT2D eigenvalue weighted by atomic mass is 35.5. The molecule has 35 heavy (non-hydrogen) atoms. The van der Waals surface area contributed by atoms with Crippen LogP contribution in [-0.2, 0) is 6.54 Å². The third-order valence-corrected chi connectivity index (χ3v) is 6.52. The summed E-state index contributed by atoms with van der Waals surface area (Å²) in [5, 5.41) is 8.18. The van der Waals surface area contributed by atoms with Gasteiger partial charge in [-0.25, -0.2) is 0 Å². The van der Waals surface area contributed by atoms with Crippen molar-refractivity contribution in [1.82, 2.24) is 20.1 Å². The molecule has 3 heterocycles. The lowest BCUT2D eigenvalue weighted by Gasteiger charge is -2.26. The second kappa shape index (κ2) is 10.3. The third kappa shape index (κ3) is 4.80. The number of ether oxygens (including phenoxy) is 1. The Bertz CT molecular complexity index is 1290. The molecule has 178 valence electrons. The molecule has 2 aromatic heterocycles. The third-order valence-electron chi connectivity index (χ3n) is 6.27. The van der Waals surface area contributed by atoms with Gasteiger partial charge >= 0.3 is 0 Å². The lowest BCUT2D eigenvalue weighted by molar-refractivity contribution is 0.0730. The van der Waals surface area contributed by atoms with Crippen LogP contribution in [0.25, 0.3) is 11.3 Å². The summed E-state index contributed by atoms with van der Waals surface area (Å²) in [6.45, 7) is 3.32. The molecule has 5 rings (SSSR count). The summed E-state index contributed by atoms with van der Waals surface area (Å²) in [7, 11) is 0. The Hall–Kier alpha value is -3.64. The minimum atomic E-state index is -0.295. The molecular formula is C28H27ClN4O2. The second-order valence-electron chi connectivity index (χ2n) is 8.69. The van der Waals surface area contributed by atoms with E-state index in [1.807, 2.05) is 65.6 Å². The quantitative estimate of drug-likeness (QED) is 0.276. The zero-order valence-electron chi connectivity index (χ0n) is 19.6. The van der Waals surface area contributed by atoms with Gasteiger partial charge < -0.3 is 9.64 Å². The molecular weight excluding hydrogens is 460 g/mol. The standard InChI is InChI=1S/C28H27ClN4O2/c1-2-3-4-16-35-23-13-9-21(10-14-23)27-24-25(20-7-11-22(29)12-8-20)31-32-26(24)28(34)33(27)18-19-6-5-15-30-17-19/h5-15,17,27H,2-4,16,18H2,1H3,(H,31,32). The number of halogens is 1. The van der Waals surface area contributed by atoms with Crippen molar-refractivity contribution in [3.05, 3.63) is 100 Å². The van der Waals surface area contributed by atoms with E-state index >= 15 is 0 Å². The number of aromatic nitrogens is 3. The molecule has 4 aromatic rings. The van der Waals surface area contributed by atoms with Gasteiger partial charge in [-0.3, -0.25) is 14.9 Å². The highest BCUT2D eigenvalue weighted by Crippen LogP contribution is 2.43. The first-order chi connectivity index (χ1) is 17.2. The van der Waals surface area contributed by atoms with Gasteiger partial charge in [0.15, 0.2) is 0 Å². The van der Waals surface area contributed by atoms with Gasteiger partial charge in [0, 0.05) is 35.1 Å². The van der Waals surface area contributed by atoms with E-state index in [1.54, 1.807) is 12.4 Å². The Labute approximate surface area is 209 Å². The van der Waals surface area contributed by atoms with Crippen LogP contribution in [0.5, 0.6) is 5.75 Å². The summed E-state index contributed by atoms with van der Waals surface area (Å²) in [5.41, 5.74) is 5.01. The molecule has 1 amide bonds.